The van der Waals surface area contributed by atoms with Gasteiger partial charge in [-0.05, 0) is 57.9 Å². The Balaban J connectivity index is 1.69. The van der Waals surface area contributed by atoms with Gasteiger partial charge in [-0.2, -0.15) is 9.40 Å². The lowest BCUT2D eigenvalue weighted by atomic mass is 9.98. The van der Waals surface area contributed by atoms with E-state index in [2.05, 4.69) is 10.4 Å². The van der Waals surface area contributed by atoms with Crippen LogP contribution in [0.5, 0.6) is 0 Å². The number of nitrogens with one attached hydrogen (secondary N) is 1. The molecule has 1 aromatic heterocycles. The van der Waals surface area contributed by atoms with Crippen LogP contribution in [0.3, 0.4) is 0 Å². The molecule has 0 bridgehead atoms. The number of rotatable bonds is 6. The van der Waals surface area contributed by atoms with Crippen LogP contribution in [-0.4, -0.2) is 41.5 Å². The van der Waals surface area contributed by atoms with Crippen molar-refractivity contribution in [3.63, 3.8) is 0 Å². The second-order valence-electron chi connectivity index (χ2n) is 7.41. The molecule has 1 aliphatic rings. The molecule has 0 saturated carbocycles. The summed E-state index contributed by atoms with van der Waals surface area (Å²) < 4.78 is 42.0. The number of aromatic nitrogens is 2. The summed E-state index contributed by atoms with van der Waals surface area (Å²) in [5, 5.41) is 7.41. The molecule has 158 valence electrons. The van der Waals surface area contributed by atoms with E-state index in [0.717, 1.165) is 29.9 Å². The molecule has 1 aromatic carbocycles. The van der Waals surface area contributed by atoms with Crippen molar-refractivity contribution in [3.8, 4) is 0 Å². The van der Waals surface area contributed by atoms with Crippen molar-refractivity contribution in [1.29, 1.82) is 0 Å². The largest absolute Gasteiger partial charge is 0.349 e. The number of carbonyl (C=O) groups excluding carboxylic acids is 1. The molecule has 7 nitrogen and oxygen atoms in total. The van der Waals surface area contributed by atoms with E-state index >= 15 is 0 Å². The normalized spacial score (nSPS) is 19.1. The summed E-state index contributed by atoms with van der Waals surface area (Å²) in [5.74, 6) is -1.08. The van der Waals surface area contributed by atoms with Gasteiger partial charge in [-0.1, -0.05) is 0 Å². The third-order valence-electron chi connectivity index (χ3n) is 5.34. The van der Waals surface area contributed by atoms with Crippen LogP contribution in [0.4, 0.5) is 4.39 Å². The minimum Gasteiger partial charge on any atom is -0.349 e. The Morgan fingerprint density at radius 1 is 1.34 bits per heavy atom. The number of sulfonamides is 1. The van der Waals surface area contributed by atoms with Gasteiger partial charge in [0.25, 0.3) is 0 Å². The maximum Gasteiger partial charge on any atom is 0.243 e. The van der Waals surface area contributed by atoms with E-state index in [1.807, 2.05) is 31.6 Å². The van der Waals surface area contributed by atoms with Crippen LogP contribution < -0.4 is 5.32 Å². The minimum absolute atomic E-state index is 0.0379. The Morgan fingerprint density at radius 3 is 2.66 bits per heavy atom. The van der Waals surface area contributed by atoms with Gasteiger partial charge in [0, 0.05) is 31.4 Å². The molecule has 2 aromatic rings. The highest BCUT2D eigenvalue weighted by molar-refractivity contribution is 7.89. The summed E-state index contributed by atoms with van der Waals surface area (Å²) in [6.45, 7) is 7.02. The van der Waals surface area contributed by atoms with E-state index in [4.69, 9.17) is 0 Å². The molecular weight excluding hydrogens is 395 g/mol. The summed E-state index contributed by atoms with van der Waals surface area (Å²) in [4.78, 5) is 12.9. The molecule has 3 rings (SSSR count). The van der Waals surface area contributed by atoms with Gasteiger partial charge in [-0.3, -0.25) is 9.48 Å². The van der Waals surface area contributed by atoms with Crippen molar-refractivity contribution < 1.29 is 17.6 Å². The smallest absolute Gasteiger partial charge is 0.243 e. The molecule has 2 atom stereocenters. The van der Waals surface area contributed by atoms with Crippen LogP contribution in [-0.2, 0) is 21.4 Å². The SMILES string of the molecule is CCn1cc([C@@H](C)NC(=O)[C@@H]2CCCN(S(=O)(=O)c3ccc(F)cc3)C2)c(C)n1. The fourth-order valence-electron chi connectivity index (χ4n) is 3.66. The molecule has 1 fully saturated rings. The van der Waals surface area contributed by atoms with Crippen molar-refractivity contribution >= 4 is 15.9 Å². The Labute approximate surface area is 171 Å². The third-order valence-corrected chi connectivity index (χ3v) is 7.22. The van der Waals surface area contributed by atoms with Crippen molar-refractivity contribution in [1.82, 2.24) is 19.4 Å². The number of carbonyl (C=O) groups is 1. The van der Waals surface area contributed by atoms with Gasteiger partial charge in [0.2, 0.25) is 15.9 Å². The number of nitrogens with zero attached hydrogens (tertiary/aromatic N) is 3. The predicted octanol–water partition coefficient (Wildman–Crippen LogP) is 2.63. The van der Waals surface area contributed by atoms with Crippen LogP contribution in [0.15, 0.2) is 35.4 Å². The highest BCUT2D eigenvalue weighted by Crippen LogP contribution is 2.25. The zero-order chi connectivity index (χ0) is 21.2. The fourth-order valence-corrected chi connectivity index (χ4v) is 5.18. The van der Waals surface area contributed by atoms with E-state index in [-0.39, 0.29) is 23.4 Å². The number of benzene rings is 1. The highest BCUT2D eigenvalue weighted by atomic mass is 32.2. The minimum atomic E-state index is -3.76. The molecule has 0 aliphatic carbocycles. The molecule has 1 saturated heterocycles. The summed E-state index contributed by atoms with van der Waals surface area (Å²) in [5.41, 5.74) is 1.82. The van der Waals surface area contributed by atoms with Gasteiger partial charge < -0.3 is 5.32 Å². The molecule has 0 unspecified atom stereocenters. The number of piperidine rings is 1. The zero-order valence-corrected chi connectivity index (χ0v) is 17.7. The summed E-state index contributed by atoms with van der Waals surface area (Å²) in [6.07, 6.45) is 3.15. The molecule has 2 heterocycles. The summed E-state index contributed by atoms with van der Waals surface area (Å²) in [7, 11) is -3.76. The van der Waals surface area contributed by atoms with Crippen molar-refractivity contribution in [2.24, 2.45) is 5.92 Å². The second-order valence-corrected chi connectivity index (χ2v) is 9.35. The van der Waals surface area contributed by atoms with Crippen molar-refractivity contribution in [3.05, 3.63) is 47.5 Å². The Kier molecular flexibility index (Phi) is 6.38. The molecule has 0 spiro atoms. The molecular formula is C20H27FN4O3S. The van der Waals surface area contributed by atoms with E-state index < -0.39 is 21.8 Å². The van der Waals surface area contributed by atoms with Crippen LogP contribution >= 0.6 is 0 Å². The molecule has 1 aliphatic heterocycles. The molecule has 1 amide bonds. The van der Waals surface area contributed by atoms with E-state index in [0.29, 0.717) is 19.4 Å². The summed E-state index contributed by atoms with van der Waals surface area (Å²) in [6, 6.07) is 4.55. The van der Waals surface area contributed by atoms with Crippen LogP contribution in [0, 0.1) is 18.7 Å². The lowest BCUT2D eigenvalue weighted by Crippen LogP contribution is -2.45. The average Bonchev–Trinajstić information content (AvgIpc) is 3.09. The van der Waals surface area contributed by atoms with Gasteiger partial charge in [0.05, 0.1) is 22.5 Å². The summed E-state index contributed by atoms with van der Waals surface area (Å²) >= 11 is 0. The number of halogens is 1. The lowest BCUT2D eigenvalue weighted by molar-refractivity contribution is -0.126. The second kappa shape index (κ2) is 8.62. The standard InChI is InChI=1S/C20H27FN4O3S/c1-4-24-13-19(15(3)23-24)14(2)22-20(26)16-6-5-11-25(12-16)29(27,28)18-9-7-17(21)8-10-18/h7-10,13-14,16H,4-6,11-12H2,1-3H3,(H,22,26)/t14-,16-/m1/s1. The Morgan fingerprint density at radius 2 is 2.03 bits per heavy atom. The highest BCUT2D eigenvalue weighted by Gasteiger charge is 2.34. The van der Waals surface area contributed by atoms with Crippen LogP contribution in [0.1, 0.15) is 44.0 Å². The van der Waals surface area contributed by atoms with Gasteiger partial charge in [-0.15, -0.1) is 0 Å². The first-order valence-electron chi connectivity index (χ1n) is 9.82. The van der Waals surface area contributed by atoms with E-state index in [1.165, 1.54) is 16.4 Å². The molecule has 0 radical (unpaired) electrons. The van der Waals surface area contributed by atoms with Gasteiger partial charge >= 0.3 is 0 Å². The van der Waals surface area contributed by atoms with Crippen molar-refractivity contribution in [2.45, 2.75) is 51.1 Å². The maximum absolute atomic E-state index is 13.1. The monoisotopic (exact) mass is 422 g/mol. The lowest BCUT2D eigenvalue weighted by Gasteiger charge is -2.31. The molecule has 1 N–H and O–H groups in total. The maximum atomic E-state index is 13.1. The van der Waals surface area contributed by atoms with Gasteiger partial charge in [0.15, 0.2) is 0 Å². The number of aryl methyl sites for hydroxylation is 2. The first-order valence-corrected chi connectivity index (χ1v) is 11.3. The van der Waals surface area contributed by atoms with Crippen molar-refractivity contribution in [2.75, 3.05) is 13.1 Å². The van der Waals surface area contributed by atoms with Crippen LogP contribution in [0.25, 0.3) is 0 Å². The first-order chi connectivity index (χ1) is 13.7. The third kappa shape index (κ3) is 4.67. The quantitative estimate of drug-likeness (QED) is 0.776. The number of amides is 1. The van der Waals surface area contributed by atoms with E-state index in [1.54, 1.807) is 0 Å². The first kappa shape index (κ1) is 21.4. The number of hydrogen-bond donors (Lipinski definition) is 1. The topological polar surface area (TPSA) is 84.3 Å². The zero-order valence-electron chi connectivity index (χ0n) is 16.9. The Hall–Kier alpha value is -2.26. The predicted molar refractivity (Wildman–Crippen MR) is 107 cm³/mol. The van der Waals surface area contributed by atoms with E-state index in [9.17, 15) is 17.6 Å². The molecule has 29 heavy (non-hydrogen) atoms. The van der Waals surface area contributed by atoms with Gasteiger partial charge in [0.1, 0.15) is 5.82 Å². The fraction of sp³-hybridized carbons (Fsp3) is 0.500. The number of hydrogen-bond acceptors (Lipinski definition) is 4. The van der Waals surface area contributed by atoms with Crippen LogP contribution in [0.2, 0.25) is 0 Å². The Bertz CT molecular complexity index is 972. The average molecular weight is 423 g/mol. The molecule has 9 heteroatoms. The van der Waals surface area contributed by atoms with Gasteiger partial charge in [-0.25, -0.2) is 12.8 Å².